The molecule has 0 amide bonds. The molecule has 7 nitrogen and oxygen atoms in total. The number of aromatic amines is 1. The van der Waals surface area contributed by atoms with E-state index in [2.05, 4.69) is 14.9 Å². The fourth-order valence-electron chi connectivity index (χ4n) is 3.20. The summed E-state index contributed by atoms with van der Waals surface area (Å²) < 4.78 is 6.33. The number of H-pyrrole nitrogens is 1. The highest BCUT2D eigenvalue weighted by Gasteiger charge is 2.21. The van der Waals surface area contributed by atoms with Gasteiger partial charge in [0.25, 0.3) is 5.56 Å². The van der Waals surface area contributed by atoms with Crippen molar-refractivity contribution in [2.45, 2.75) is 19.5 Å². The molecular formula is C18H17N3O4S. The molecule has 134 valence electrons. The number of aromatic carboxylic acids is 1. The lowest BCUT2D eigenvalue weighted by Gasteiger charge is -2.27. The highest BCUT2D eigenvalue weighted by molar-refractivity contribution is 7.18. The molecule has 26 heavy (non-hydrogen) atoms. The van der Waals surface area contributed by atoms with Gasteiger partial charge in [0.1, 0.15) is 16.3 Å². The molecule has 3 heterocycles. The number of thiazole rings is 1. The number of nitrogens with one attached hydrogen (secondary N) is 1. The van der Waals surface area contributed by atoms with Gasteiger partial charge in [0.2, 0.25) is 0 Å². The van der Waals surface area contributed by atoms with Crippen molar-refractivity contribution in [1.29, 1.82) is 0 Å². The predicted octanol–water partition coefficient (Wildman–Crippen LogP) is 2.25. The van der Waals surface area contributed by atoms with Gasteiger partial charge in [-0.2, -0.15) is 0 Å². The van der Waals surface area contributed by atoms with E-state index in [9.17, 15) is 9.59 Å². The first-order chi connectivity index (χ1) is 12.5. The fraction of sp³-hybridized carbons (Fsp3) is 0.278. The van der Waals surface area contributed by atoms with E-state index in [4.69, 9.17) is 9.84 Å². The van der Waals surface area contributed by atoms with Gasteiger partial charge in [0, 0.05) is 25.2 Å². The third kappa shape index (κ3) is 3.09. The quantitative estimate of drug-likeness (QED) is 0.730. The van der Waals surface area contributed by atoms with Gasteiger partial charge < -0.3 is 14.8 Å². The lowest BCUT2D eigenvalue weighted by molar-refractivity contribution is 0.0694. The van der Waals surface area contributed by atoms with Gasteiger partial charge in [-0.25, -0.2) is 9.78 Å². The second-order valence-electron chi connectivity index (χ2n) is 6.22. The van der Waals surface area contributed by atoms with E-state index in [1.165, 1.54) is 6.07 Å². The molecular weight excluding hydrogens is 354 g/mol. The van der Waals surface area contributed by atoms with Crippen LogP contribution >= 0.6 is 11.3 Å². The van der Waals surface area contributed by atoms with Gasteiger partial charge in [0.15, 0.2) is 0 Å². The van der Waals surface area contributed by atoms with Crippen LogP contribution in [0.15, 0.2) is 29.1 Å². The van der Waals surface area contributed by atoms with E-state index in [-0.39, 0.29) is 5.56 Å². The zero-order valence-corrected chi connectivity index (χ0v) is 14.9. The minimum absolute atomic E-state index is 0.210. The molecule has 8 heteroatoms. The van der Waals surface area contributed by atoms with Crippen LogP contribution < -0.4 is 10.3 Å². The Balaban J connectivity index is 1.56. The van der Waals surface area contributed by atoms with Crippen LogP contribution in [0.4, 0.5) is 0 Å². The zero-order chi connectivity index (χ0) is 18.3. The Bertz CT molecular complexity index is 1060. The second kappa shape index (κ2) is 6.54. The highest BCUT2D eigenvalue weighted by Crippen LogP contribution is 2.28. The van der Waals surface area contributed by atoms with Crippen LogP contribution in [0.25, 0.3) is 10.2 Å². The number of carboxylic acid groups (broad SMARTS) is 1. The minimum Gasteiger partial charge on any atom is -0.497 e. The number of carboxylic acids is 1. The maximum Gasteiger partial charge on any atom is 0.341 e. The van der Waals surface area contributed by atoms with E-state index in [1.54, 1.807) is 18.4 Å². The first kappa shape index (κ1) is 16.7. The number of nitrogens with zero attached hydrogens (tertiary/aromatic N) is 2. The number of fused-ring (bicyclic) bond motifs is 2. The molecule has 1 aromatic carbocycles. The molecule has 0 saturated heterocycles. The van der Waals surface area contributed by atoms with Crippen molar-refractivity contribution >= 4 is 27.5 Å². The number of pyridine rings is 1. The lowest BCUT2D eigenvalue weighted by Crippen LogP contribution is -2.33. The van der Waals surface area contributed by atoms with Crippen LogP contribution in [0, 0.1) is 0 Å². The first-order valence-electron chi connectivity index (χ1n) is 8.17. The smallest absolute Gasteiger partial charge is 0.341 e. The van der Waals surface area contributed by atoms with Crippen LogP contribution in [0.3, 0.4) is 0 Å². The maximum absolute atomic E-state index is 11.8. The monoisotopic (exact) mass is 371 g/mol. The van der Waals surface area contributed by atoms with Gasteiger partial charge in [0.05, 0.1) is 23.9 Å². The van der Waals surface area contributed by atoms with Gasteiger partial charge in [-0.05, 0) is 29.8 Å². The van der Waals surface area contributed by atoms with Crippen molar-refractivity contribution in [3.63, 3.8) is 0 Å². The number of aromatic nitrogens is 2. The summed E-state index contributed by atoms with van der Waals surface area (Å²) in [4.78, 5) is 32.6. The molecule has 0 bridgehead atoms. The summed E-state index contributed by atoms with van der Waals surface area (Å²) in [6.07, 6.45) is 0.684. The molecule has 2 N–H and O–H groups in total. The predicted molar refractivity (Wildman–Crippen MR) is 98.0 cm³/mol. The normalized spacial score (nSPS) is 14.3. The lowest BCUT2D eigenvalue weighted by atomic mass is 10.0. The summed E-state index contributed by atoms with van der Waals surface area (Å²) in [6.45, 7) is 2.06. The van der Waals surface area contributed by atoms with Crippen molar-refractivity contribution in [1.82, 2.24) is 14.9 Å². The molecule has 1 aliphatic rings. The van der Waals surface area contributed by atoms with Gasteiger partial charge in [-0.3, -0.25) is 9.69 Å². The molecule has 0 radical (unpaired) electrons. The number of methoxy groups -OCH3 is 1. The standard InChI is InChI=1S/C18H17N3O4S/c1-25-11-2-3-14-15(7-11)26-16(19-14)9-21-5-4-13-10(8-21)6-12(18(23)24)17(22)20-13/h2-3,6-7H,4-5,8-9H2,1H3,(H,20,22)(H,23,24). The van der Waals surface area contributed by atoms with Crippen LogP contribution in [0.5, 0.6) is 5.75 Å². The average Bonchev–Trinajstić information content (AvgIpc) is 3.02. The third-order valence-corrected chi connectivity index (χ3v) is 5.52. The zero-order valence-electron chi connectivity index (χ0n) is 14.1. The van der Waals surface area contributed by atoms with E-state index in [0.29, 0.717) is 19.5 Å². The van der Waals surface area contributed by atoms with Crippen molar-refractivity contribution in [2.24, 2.45) is 0 Å². The number of rotatable bonds is 4. The summed E-state index contributed by atoms with van der Waals surface area (Å²) in [5.74, 6) is -0.393. The summed E-state index contributed by atoms with van der Waals surface area (Å²) in [6, 6.07) is 7.31. The summed E-state index contributed by atoms with van der Waals surface area (Å²) in [5, 5.41) is 10.1. The number of benzene rings is 1. The molecule has 0 fully saturated rings. The Morgan fingerprint density at radius 3 is 3.04 bits per heavy atom. The first-order valence-corrected chi connectivity index (χ1v) is 8.99. The second-order valence-corrected chi connectivity index (χ2v) is 7.34. The average molecular weight is 371 g/mol. The maximum atomic E-state index is 11.8. The molecule has 2 aromatic heterocycles. The Morgan fingerprint density at radius 1 is 1.42 bits per heavy atom. The Morgan fingerprint density at radius 2 is 2.27 bits per heavy atom. The van der Waals surface area contributed by atoms with E-state index in [1.807, 2.05) is 18.2 Å². The van der Waals surface area contributed by atoms with Crippen molar-refractivity contribution in [3.8, 4) is 5.75 Å². The van der Waals surface area contributed by atoms with Crippen molar-refractivity contribution in [3.05, 3.63) is 56.4 Å². The van der Waals surface area contributed by atoms with Crippen molar-refractivity contribution < 1.29 is 14.6 Å². The van der Waals surface area contributed by atoms with E-state index >= 15 is 0 Å². The molecule has 0 unspecified atom stereocenters. The largest absolute Gasteiger partial charge is 0.497 e. The fourth-order valence-corrected chi connectivity index (χ4v) is 4.24. The summed E-state index contributed by atoms with van der Waals surface area (Å²) in [5.41, 5.74) is 1.88. The molecule has 0 spiro atoms. The Hall–Kier alpha value is -2.71. The summed E-state index contributed by atoms with van der Waals surface area (Å²) in [7, 11) is 1.64. The van der Waals surface area contributed by atoms with E-state index < -0.39 is 11.5 Å². The molecule has 0 aliphatic carbocycles. The number of carbonyl (C=O) groups is 1. The molecule has 0 saturated carbocycles. The summed E-state index contributed by atoms with van der Waals surface area (Å²) >= 11 is 1.63. The van der Waals surface area contributed by atoms with Gasteiger partial charge in [-0.15, -0.1) is 11.3 Å². The number of ether oxygens (including phenoxy) is 1. The Kier molecular flexibility index (Phi) is 4.21. The molecule has 0 atom stereocenters. The Labute approximate surface area is 152 Å². The SMILES string of the molecule is COc1ccc2nc(CN3CCc4[nH]c(=O)c(C(=O)O)cc4C3)sc2c1. The van der Waals surface area contributed by atoms with Gasteiger partial charge >= 0.3 is 5.97 Å². The van der Waals surface area contributed by atoms with Crippen LogP contribution in [0.2, 0.25) is 0 Å². The van der Waals surface area contributed by atoms with E-state index in [0.717, 1.165) is 38.8 Å². The van der Waals surface area contributed by atoms with Crippen LogP contribution in [-0.2, 0) is 19.5 Å². The molecule has 3 aromatic rings. The van der Waals surface area contributed by atoms with Crippen molar-refractivity contribution in [2.75, 3.05) is 13.7 Å². The number of hydrogen-bond donors (Lipinski definition) is 2. The molecule has 1 aliphatic heterocycles. The topological polar surface area (TPSA) is 95.5 Å². The number of hydrogen-bond acceptors (Lipinski definition) is 6. The minimum atomic E-state index is -1.20. The van der Waals surface area contributed by atoms with Crippen LogP contribution in [-0.4, -0.2) is 39.6 Å². The molecule has 4 rings (SSSR count). The third-order valence-electron chi connectivity index (χ3n) is 4.52. The van der Waals surface area contributed by atoms with Gasteiger partial charge in [-0.1, -0.05) is 0 Å². The van der Waals surface area contributed by atoms with Crippen LogP contribution in [0.1, 0.15) is 26.6 Å². The highest BCUT2D eigenvalue weighted by atomic mass is 32.1.